The van der Waals surface area contributed by atoms with E-state index >= 15 is 0 Å². The Balaban J connectivity index is 1.90. The van der Waals surface area contributed by atoms with E-state index in [-0.39, 0.29) is 5.75 Å². The molecule has 118 valence electrons. The molecule has 0 aliphatic carbocycles. The number of phenolic OH excluding ortho intramolecular Hbond substituents is 1. The van der Waals surface area contributed by atoms with Crippen molar-refractivity contribution >= 4 is 0 Å². The van der Waals surface area contributed by atoms with Crippen LogP contribution < -0.4 is 14.8 Å². The molecule has 2 N–H and O–H groups in total. The van der Waals surface area contributed by atoms with Crippen LogP contribution in [0.1, 0.15) is 25.3 Å². The molecule has 1 aliphatic heterocycles. The number of likely N-dealkylation sites (tertiary alicyclic amines) is 1. The van der Waals surface area contributed by atoms with Gasteiger partial charge in [0.1, 0.15) is 0 Å². The maximum Gasteiger partial charge on any atom is 0.200 e. The molecule has 1 fully saturated rings. The first kappa shape index (κ1) is 15.9. The quantitative estimate of drug-likeness (QED) is 0.805. The highest BCUT2D eigenvalue weighted by molar-refractivity contribution is 5.52. The lowest BCUT2D eigenvalue weighted by atomic mass is 10.1. The van der Waals surface area contributed by atoms with Crippen molar-refractivity contribution in [1.82, 2.24) is 10.2 Å². The predicted octanol–water partition coefficient (Wildman–Crippen LogP) is 1.98. The van der Waals surface area contributed by atoms with E-state index in [9.17, 15) is 5.11 Å². The van der Waals surface area contributed by atoms with Crippen LogP contribution in [0, 0.1) is 0 Å². The second kappa shape index (κ2) is 7.52. The van der Waals surface area contributed by atoms with Crippen LogP contribution >= 0.6 is 0 Å². The van der Waals surface area contributed by atoms with E-state index in [4.69, 9.17) is 9.47 Å². The van der Waals surface area contributed by atoms with Gasteiger partial charge in [-0.2, -0.15) is 0 Å². The van der Waals surface area contributed by atoms with E-state index in [2.05, 4.69) is 17.1 Å². The van der Waals surface area contributed by atoms with E-state index in [1.54, 1.807) is 14.2 Å². The van der Waals surface area contributed by atoms with E-state index in [0.717, 1.165) is 18.7 Å². The van der Waals surface area contributed by atoms with Crippen molar-refractivity contribution < 1.29 is 14.6 Å². The van der Waals surface area contributed by atoms with Gasteiger partial charge in [0.15, 0.2) is 11.5 Å². The van der Waals surface area contributed by atoms with Gasteiger partial charge in [-0.05, 0) is 50.6 Å². The minimum Gasteiger partial charge on any atom is -0.502 e. The van der Waals surface area contributed by atoms with Crippen LogP contribution in [0.25, 0.3) is 0 Å². The third-order valence-electron chi connectivity index (χ3n) is 4.07. The number of methoxy groups -OCH3 is 2. The fourth-order valence-corrected chi connectivity index (χ4v) is 2.79. The molecule has 0 saturated carbocycles. The van der Waals surface area contributed by atoms with Gasteiger partial charge >= 0.3 is 0 Å². The Morgan fingerprint density at radius 2 is 1.76 bits per heavy atom. The number of nitrogens with zero attached hydrogens (tertiary/aromatic N) is 1. The summed E-state index contributed by atoms with van der Waals surface area (Å²) in [5, 5.41) is 13.4. The number of rotatable bonds is 7. The number of hydrogen-bond acceptors (Lipinski definition) is 5. The van der Waals surface area contributed by atoms with Gasteiger partial charge in [0.2, 0.25) is 5.75 Å². The maximum absolute atomic E-state index is 9.89. The number of aromatic hydroxyl groups is 1. The van der Waals surface area contributed by atoms with Gasteiger partial charge in [-0.3, -0.25) is 4.90 Å². The van der Waals surface area contributed by atoms with Crippen molar-refractivity contribution in [2.45, 2.75) is 32.4 Å². The molecule has 21 heavy (non-hydrogen) atoms. The summed E-state index contributed by atoms with van der Waals surface area (Å²) in [5.74, 6) is 0.937. The molecule has 0 aromatic heterocycles. The molecule has 0 bridgehead atoms. The molecule has 2 rings (SSSR count). The third-order valence-corrected chi connectivity index (χ3v) is 4.07. The van der Waals surface area contributed by atoms with E-state index in [1.807, 2.05) is 12.1 Å². The second-order valence-electron chi connectivity index (χ2n) is 5.57. The smallest absolute Gasteiger partial charge is 0.200 e. The molecule has 1 heterocycles. The minimum absolute atomic E-state index is 0.0502. The van der Waals surface area contributed by atoms with Gasteiger partial charge in [0.25, 0.3) is 0 Å². The van der Waals surface area contributed by atoms with Crippen LogP contribution in [0.3, 0.4) is 0 Å². The molecule has 5 heteroatoms. The first-order valence-corrected chi connectivity index (χ1v) is 7.54. The summed E-state index contributed by atoms with van der Waals surface area (Å²) in [6, 6.07) is 4.23. The largest absolute Gasteiger partial charge is 0.502 e. The zero-order valence-electron chi connectivity index (χ0n) is 13.2. The van der Waals surface area contributed by atoms with Crippen molar-refractivity contribution in [3.05, 3.63) is 17.7 Å². The van der Waals surface area contributed by atoms with E-state index < -0.39 is 0 Å². The average Bonchev–Trinajstić information content (AvgIpc) is 3.02. The highest BCUT2D eigenvalue weighted by atomic mass is 16.5. The number of benzene rings is 1. The fraction of sp³-hybridized carbons (Fsp3) is 0.625. The normalized spacial score (nSPS) is 16.9. The van der Waals surface area contributed by atoms with Gasteiger partial charge in [-0.15, -0.1) is 0 Å². The molecule has 1 aliphatic rings. The lowest BCUT2D eigenvalue weighted by Crippen LogP contribution is -2.38. The highest BCUT2D eigenvalue weighted by Crippen LogP contribution is 2.36. The Hall–Kier alpha value is -1.46. The van der Waals surface area contributed by atoms with Gasteiger partial charge in [-0.1, -0.05) is 0 Å². The summed E-state index contributed by atoms with van der Waals surface area (Å²) >= 11 is 0. The molecule has 1 unspecified atom stereocenters. The first-order chi connectivity index (χ1) is 10.2. The zero-order valence-corrected chi connectivity index (χ0v) is 13.2. The van der Waals surface area contributed by atoms with Crippen molar-refractivity contribution in [3.63, 3.8) is 0 Å². The van der Waals surface area contributed by atoms with Gasteiger partial charge in [-0.25, -0.2) is 0 Å². The zero-order chi connectivity index (χ0) is 15.2. The summed E-state index contributed by atoms with van der Waals surface area (Å²) < 4.78 is 10.3. The Labute approximate surface area is 126 Å². The molecule has 5 nitrogen and oxygen atoms in total. The number of phenols is 1. The molecule has 1 saturated heterocycles. The monoisotopic (exact) mass is 294 g/mol. The van der Waals surface area contributed by atoms with Gasteiger partial charge in [0.05, 0.1) is 14.2 Å². The van der Waals surface area contributed by atoms with Crippen molar-refractivity contribution in [1.29, 1.82) is 0 Å². The lowest BCUT2D eigenvalue weighted by molar-refractivity contribution is 0.251. The van der Waals surface area contributed by atoms with Crippen molar-refractivity contribution in [2.75, 3.05) is 33.9 Å². The average molecular weight is 294 g/mol. The molecular weight excluding hydrogens is 268 g/mol. The fourth-order valence-electron chi connectivity index (χ4n) is 2.79. The first-order valence-electron chi connectivity index (χ1n) is 7.54. The summed E-state index contributed by atoms with van der Waals surface area (Å²) in [6.45, 7) is 6.36. The van der Waals surface area contributed by atoms with Crippen molar-refractivity contribution in [2.24, 2.45) is 0 Å². The molecule has 0 spiro atoms. The summed E-state index contributed by atoms with van der Waals surface area (Å²) in [6.07, 6.45) is 2.63. The minimum atomic E-state index is 0.0502. The Morgan fingerprint density at radius 1 is 1.19 bits per heavy atom. The number of hydrogen-bond donors (Lipinski definition) is 2. The Kier molecular flexibility index (Phi) is 5.70. The van der Waals surface area contributed by atoms with Crippen LogP contribution in [0.5, 0.6) is 17.2 Å². The number of nitrogens with one attached hydrogen (secondary N) is 1. The highest BCUT2D eigenvalue weighted by Gasteiger charge is 2.17. The van der Waals surface area contributed by atoms with Crippen LogP contribution in [-0.4, -0.2) is 49.9 Å². The van der Waals surface area contributed by atoms with Crippen molar-refractivity contribution in [3.8, 4) is 17.2 Å². The van der Waals surface area contributed by atoms with Gasteiger partial charge in [0, 0.05) is 19.1 Å². The molecule has 1 aromatic carbocycles. The van der Waals surface area contributed by atoms with Crippen LogP contribution in [0.15, 0.2) is 12.1 Å². The number of ether oxygens (including phenoxy) is 2. The van der Waals surface area contributed by atoms with Crippen LogP contribution in [0.4, 0.5) is 0 Å². The van der Waals surface area contributed by atoms with Crippen LogP contribution in [-0.2, 0) is 6.54 Å². The Morgan fingerprint density at radius 3 is 2.29 bits per heavy atom. The van der Waals surface area contributed by atoms with Gasteiger partial charge < -0.3 is 19.9 Å². The molecule has 0 radical (unpaired) electrons. The third kappa shape index (κ3) is 4.02. The molecule has 0 amide bonds. The molecule has 1 aromatic rings. The van der Waals surface area contributed by atoms with E-state index in [0.29, 0.717) is 17.5 Å². The Bertz CT molecular complexity index is 434. The lowest BCUT2D eigenvalue weighted by Gasteiger charge is -2.24. The maximum atomic E-state index is 9.89. The molecular formula is C16H26N2O3. The topological polar surface area (TPSA) is 54.0 Å². The standard InChI is InChI=1S/C16H26N2O3/c1-12(18-6-4-5-7-18)10-17-11-13-8-14(20-2)16(19)15(9-13)21-3/h8-9,12,17,19H,4-7,10-11H2,1-3H3. The van der Waals surface area contributed by atoms with Crippen LogP contribution in [0.2, 0.25) is 0 Å². The second-order valence-corrected chi connectivity index (χ2v) is 5.57. The summed E-state index contributed by atoms with van der Waals surface area (Å²) in [5.41, 5.74) is 1.04. The summed E-state index contributed by atoms with van der Waals surface area (Å²) in [4.78, 5) is 2.52. The SMILES string of the molecule is COc1cc(CNCC(C)N2CCCC2)cc(OC)c1O. The summed E-state index contributed by atoms with van der Waals surface area (Å²) in [7, 11) is 3.09. The molecule has 1 atom stereocenters. The predicted molar refractivity (Wildman–Crippen MR) is 83.2 cm³/mol. The van der Waals surface area contributed by atoms with E-state index in [1.165, 1.54) is 25.9 Å².